The molecule has 0 unspecified atom stereocenters. The molecule has 1 amide bonds. The minimum absolute atomic E-state index is 0.178. The van der Waals surface area contributed by atoms with Gasteiger partial charge in [-0.15, -0.1) is 0 Å². The molecule has 0 aliphatic carbocycles. The van der Waals surface area contributed by atoms with Crippen LogP contribution in [-0.2, 0) is 11.3 Å². The molecule has 2 aromatic heterocycles. The van der Waals surface area contributed by atoms with E-state index in [0.717, 1.165) is 10.2 Å². The highest BCUT2D eigenvalue weighted by Gasteiger charge is 2.14. The van der Waals surface area contributed by atoms with Gasteiger partial charge < -0.3 is 9.15 Å². The zero-order chi connectivity index (χ0) is 25.1. The fraction of sp³-hybridized carbons (Fsp3) is 0.0741. The molecule has 3 aromatic carbocycles. The van der Waals surface area contributed by atoms with Crippen LogP contribution in [-0.4, -0.2) is 29.0 Å². The number of hydrazone groups is 1. The van der Waals surface area contributed by atoms with Crippen molar-refractivity contribution >= 4 is 33.9 Å². The zero-order valence-electron chi connectivity index (χ0n) is 19.2. The predicted molar refractivity (Wildman–Crippen MR) is 136 cm³/mol. The number of fused-ring (bicyclic) bond motifs is 2. The lowest BCUT2D eigenvalue weighted by Gasteiger charge is -2.11. The number of methoxy groups -OCH3 is 1. The molecule has 0 atom stereocenters. The molecule has 0 bridgehead atoms. The average molecular weight is 480 g/mol. The van der Waals surface area contributed by atoms with Crippen LogP contribution in [0.1, 0.15) is 5.56 Å². The number of nitrogens with zero attached hydrogens (tertiary/aromatic N) is 3. The van der Waals surface area contributed by atoms with Crippen molar-refractivity contribution in [1.82, 2.24) is 15.2 Å². The van der Waals surface area contributed by atoms with Gasteiger partial charge in [0.2, 0.25) is 5.43 Å². The van der Waals surface area contributed by atoms with Crippen LogP contribution in [0.15, 0.2) is 98.2 Å². The van der Waals surface area contributed by atoms with Gasteiger partial charge in [0.25, 0.3) is 11.5 Å². The Morgan fingerprint density at radius 1 is 1.00 bits per heavy atom. The number of hydrogen-bond donors (Lipinski definition) is 1. The Hall–Kier alpha value is -5.05. The SMILES string of the molecule is COc1ccc(-c2nn(CC(=O)N/N=C/c3coc4ccccc4c3=O)c(=O)c3ccccc23)cc1. The van der Waals surface area contributed by atoms with Crippen molar-refractivity contribution in [2.45, 2.75) is 6.54 Å². The van der Waals surface area contributed by atoms with Gasteiger partial charge in [0.15, 0.2) is 0 Å². The Labute approximate surface area is 204 Å². The number of benzene rings is 3. The summed E-state index contributed by atoms with van der Waals surface area (Å²) in [6, 6.07) is 21.2. The number of carbonyl (C=O) groups excluding carboxylic acids is 1. The first-order valence-electron chi connectivity index (χ1n) is 11.0. The topological polar surface area (TPSA) is 116 Å². The molecule has 36 heavy (non-hydrogen) atoms. The van der Waals surface area contributed by atoms with Gasteiger partial charge in [-0.2, -0.15) is 10.2 Å². The maximum absolute atomic E-state index is 13.0. The van der Waals surface area contributed by atoms with Crippen molar-refractivity contribution in [1.29, 1.82) is 0 Å². The van der Waals surface area contributed by atoms with E-state index in [1.807, 2.05) is 24.3 Å². The highest BCUT2D eigenvalue weighted by Crippen LogP contribution is 2.26. The minimum Gasteiger partial charge on any atom is -0.497 e. The summed E-state index contributed by atoms with van der Waals surface area (Å²) in [5, 5.41) is 9.84. The third-order valence-electron chi connectivity index (χ3n) is 5.62. The van der Waals surface area contributed by atoms with E-state index < -0.39 is 11.5 Å². The van der Waals surface area contributed by atoms with E-state index in [2.05, 4.69) is 15.6 Å². The molecule has 0 saturated heterocycles. The molecule has 0 saturated carbocycles. The molecule has 2 heterocycles. The number of aromatic nitrogens is 2. The van der Waals surface area contributed by atoms with Crippen LogP contribution < -0.4 is 21.2 Å². The van der Waals surface area contributed by atoms with E-state index in [4.69, 9.17) is 9.15 Å². The summed E-state index contributed by atoms with van der Waals surface area (Å²) in [4.78, 5) is 38.1. The van der Waals surface area contributed by atoms with Gasteiger partial charge in [0.1, 0.15) is 24.1 Å². The van der Waals surface area contributed by atoms with Crippen molar-refractivity contribution in [2.75, 3.05) is 7.11 Å². The van der Waals surface area contributed by atoms with Crippen LogP contribution in [0.3, 0.4) is 0 Å². The van der Waals surface area contributed by atoms with E-state index in [1.165, 1.54) is 12.5 Å². The molecular weight excluding hydrogens is 460 g/mol. The van der Waals surface area contributed by atoms with Gasteiger partial charge in [0, 0.05) is 10.9 Å². The van der Waals surface area contributed by atoms with Crippen molar-refractivity contribution in [2.24, 2.45) is 5.10 Å². The van der Waals surface area contributed by atoms with Crippen molar-refractivity contribution < 1.29 is 13.9 Å². The van der Waals surface area contributed by atoms with Crippen LogP contribution in [0.2, 0.25) is 0 Å². The second-order valence-corrected chi connectivity index (χ2v) is 7.90. The summed E-state index contributed by atoms with van der Waals surface area (Å²) in [5.74, 6) is 0.107. The van der Waals surface area contributed by atoms with Gasteiger partial charge in [0.05, 0.1) is 35.4 Å². The van der Waals surface area contributed by atoms with Gasteiger partial charge in [-0.05, 0) is 42.5 Å². The summed E-state index contributed by atoms with van der Waals surface area (Å²) in [6.07, 6.45) is 2.48. The zero-order valence-corrected chi connectivity index (χ0v) is 19.2. The van der Waals surface area contributed by atoms with Crippen LogP contribution in [0.25, 0.3) is 33.0 Å². The molecule has 0 aliphatic heterocycles. The monoisotopic (exact) mass is 480 g/mol. The molecule has 9 nitrogen and oxygen atoms in total. The van der Waals surface area contributed by atoms with E-state index in [-0.39, 0.29) is 17.5 Å². The van der Waals surface area contributed by atoms with Gasteiger partial charge in [-0.1, -0.05) is 30.3 Å². The fourth-order valence-electron chi connectivity index (χ4n) is 3.83. The van der Waals surface area contributed by atoms with E-state index >= 15 is 0 Å². The van der Waals surface area contributed by atoms with Gasteiger partial charge >= 0.3 is 0 Å². The number of hydrogen-bond acceptors (Lipinski definition) is 7. The molecule has 5 rings (SSSR count). The summed E-state index contributed by atoms with van der Waals surface area (Å²) in [6.45, 7) is -0.365. The number of nitrogens with one attached hydrogen (secondary N) is 1. The van der Waals surface area contributed by atoms with Crippen LogP contribution in [0, 0.1) is 0 Å². The summed E-state index contributed by atoms with van der Waals surface area (Å²) in [5.41, 5.74) is 3.61. The molecule has 178 valence electrons. The molecule has 0 spiro atoms. The minimum atomic E-state index is -0.581. The first kappa shape index (κ1) is 22.7. The van der Waals surface area contributed by atoms with Crippen LogP contribution in [0.4, 0.5) is 0 Å². The van der Waals surface area contributed by atoms with E-state index in [9.17, 15) is 14.4 Å². The highest BCUT2D eigenvalue weighted by molar-refractivity contribution is 5.94. The second kappa shape index (κ2) is 9.67. The Kier molecular flexibility index (Phi) is 6.10. The van der Waals surface area contributed by atoms with Gasteiger partial charge in [-0.3, -0.25) is 14.4 Å². The molecule has 0 aliphatic rings. The van der Waals surface area contributed by atoms with Gasteiger partial charge in [-0.25, -0.2) is 10.1 Å². The Morgan fingerprint density at radius 3 is 2.44 bits per heavy atom. The molecule has 1 N–H and O–H groups in total. The Balaban J connectivity index is 1.41. The normalized spacial score (nSPS) is 11.2. The third-order valence-corrected chi connectivity index (χ3v) is 5.62. The summed E-state index contributed by atoms with van der Waals surface area (Å²) < 4.78 is 11.7. The molecule has 5 aromatic rings. The van der Waals surface area contributed by atoms with Crippen LogP contribution >= 0.6 is 0 Å². The first-order chi connectivity index (χ1) is 17.5. The van der Waals surface area contributed by atoms with Crippen molar-refractivity contribution in [3.8, 4) is 17.0 Å². The van der Waals surface area contributed by atoms with Crippen LogP contribution in [0.5, 0.6) is 5.75 Å². The summed E-state index contributed by atoms with van der Waals surface area (Å²) >= 11 is 0. The lowest BCUT2D eigenvalue weighted by atomic mass is 10.0. The number of carbonyl (C=O) groups is 1. The second-order valence-electron chi connectivity index (χ2n) is 7.90. The maximum atomic E-state index is 13.0. The number of ether oxygens (including phenoxy) is 1. The smallest absolute Gasteiger partial charge is 0.275 e. The number of para-hydroxylation sites is 1. The lowest BCUT2D eigenvalue weighted by molar-refractivity contribution is -0.121. The highest BCUT2D eigenvalue weighted by atomic mass is 16.5. The molecule has 0 radical (unpaired) electrons. The third kappa shape index (κ3) is 4.37. The standard InChI is InChI=1S/C27H20N4O5/c1-35-19-12-10-17(11-13-19)25-20-6-2-3-7-21(20)27(34)31(30-25)15-24(32)29-28-14-18-16-36-23-9-5-4-8-22(23)26(18)33/h2-14,16H,15H2,1H3,(H,29,32)/b28-14+. The summed E-state index contributed by atoms with van der Waals surface area (Å²) in [7, 11) is 1.58. The maximum Gasteiger partial charge on any atom is 0.275 e. The first-order valence-corrected chi connectivity index (χ1v) is 11.0. The van der Waals surface area contributed by atoms with E-state index in [1.54, 1.807) is 55.6 Å². The molecule has 0 fully saturated rings. The number of rotatable bonds is 6. The molecule has 9 heteroatoms. The Bertz CT molecular complexity index is 1740. The fourth-order valence-corrected chi connectivity index (χ4v) is 3.83. The quantitative estimate of drug-likeness (QED) is 0.294. The average Bonchev–Trinajstić information content (AvgIpc) is 2.92. The van der Waals surface area contributed by atoms with Crippen molar-refractivity contribution in [3.05, 3.63) is 105 Å². The number of amides is 1. The predicted octanol–water partition coefficient (Wildman–Crippen LogP) is 3.33. The largest absolute Gasteiger partial charge is 0.497 e. The van der Waals surface area contributed by atoms with E-state index in [0.29, 0.717) is 33.2 Å². The van der Waals surface area contributed by atoms with Crippen molar-refractivity contribution in [3.63, 3.8) is 0 Å². The molecular formula is C27H20N4O5. The Morgan fingerprint density at radius 2 is 1.69 bits per heavy atom. The lowest BCUT2D eigenvalue weighted by Crippen LogP contribution is -2.32.